The summed E-state index contributed by atoms with van der Waals surface area (Å²) in [6, 6.07) is 8.34. The molecule has 0 aliphatic rings. The zero-order valence-electron chi connectivity index (χ0n) is 12.6. The Hall–Kier alpha value is -1.86. The third-order valence-corrected chi connectivity index (χ3v) is 2.97. The van der Waals surface area contributed by atoms with E-state index in [-0.39, 0.29) is 0 Å². The van der Waals surface area contributed by atoms with Crippen LogP contribution in [-0.4, -0.2) is 34.6 Å². The van der Waals surface area contributed by atoms with Crippen LogP contribution in [0.4, 0.5) is 0 Å². The number of amides is 1. The second-order valence-corrected chi connectivity index (χ2v) is 4.50. The van der Waals surface area contributed by atoms with Crippen molar-refractivity contribution in [2.24, 2.45) is 0 Å². The zero-order chi connectivity index (χ0) is 15.3. The first-order chi connectivity index (χ1) is 9.38. The van der Waals surface area contributed by atoms with Gasteiger partial charge in [0.15, 0.2) is 0 Å². The predicted molar refractivity (Wildman–Crippen MR) is 73.4 cm³/mol. The van der Waals surface area contributed by atoms with Crippen LogP contribution in [0.25, 0.3) is 0 Å². The number of aliphatic hydroxyl groups is 1. The van der Waals surface area contributed by atoms with Crippen LogP contribution in [0.3, 0.4) is 0 Å². The average molecular weight is 261 g/mol. The maximum atomic E-state index is 12.3. The van der Waals surface area contributed by atoms with Crippen molar-refractivity contribution in [3.63, 3.8) is 0 Å². The number of benzene rings is 1. The molecule has 0 radical (unpaired) electrons. The molecule has 0 aliphatic heterocycles. The predicted octanol–water partition coefficient (Wildman–Crippen LogP) is 1.72. The van der Waals surface area contributed by atoms with Gasteiger partial charge < -0.3 is 10.0 Å². The molecule has 1 amide bonds. The molecule has 0 saturated heterocycles. The molecule has 0 aliphatic carbocycles. The molecule has 1 aromatic carbocycles. The minimum atomic E-state index is -1.79. The van der Waals surface area contributed by atoms with Crippen molar-refractivity contribution >= 4 is 5.91 Å². The molecule has 0 aromatic heterocycles. The summed E-state index contributed by atoms with van der Waals surface area (Å²) in [5.41, 5.74) is -0.801. The highest BCUT2D eigenvalue weighted by Gasteiger charge is 2.33. The Kier molecular flexibility index (Phi) is 4.53. The number of carbonyl (C=O) groups excluding carboxylic acids is 1. The molecule has 0 spiro atoms. The van der Waals surface area contributed by atoms with Gasteiger partial charge in [0, 0.05) is 20.9 Å². The van der Waals surface area contributed by atoms with Gasteiger partial charge in [-0.25, -0.2) is 0 Å². The fraction of sp³-hybridized carbons (Fsp3) is 0.467. The fourth-order valence-electron chi connectivity index (χ4n) is 1.87. The zero-order valence-corrected chi connectivity index (χ0v) is 11.6. The van der Waals surface area contributed by atoms with E-state index in [1.54, 1.807) is 24.3 Å². The fourth-order valence-corrected chi connectivity index (χ4v) is 1.87. The van der Waals surface area contributed by atoms with Crippen LogP contribution < -0.4 is 0 Å². The van der Waals surface area contributed by atoms with E-state index in [1.807, 2.05) is 19.9 Å². The van der Waals surface area contributed by atoms with E-state index in [1.165, 1.54) is 11.8 Å². The summed E-state index contributed by atoms with van der Waals surface area (Å²) in [7, 11) is 0. The molecule has 1 N–H and O–H groups in total. The molecule has 2 unspecified atom stereocenters. The molecule has 102 valence electrons. The molecule has 0 heterocycles. The molecule has 0 bridgehead atoms. The van der Waals surface area contributed by atoms with Crippen molar-refractivity contribution in [1.82, 2.24) is 4.90 Å². The Morgan fingerprint density at radius 2 is 1.95 bits per heavy atom. The maximum Gasteiger partial charge on any atom is 0.254 e. The summed E-state index contributed by atoms with van der Waals surface area (Å²) in [5, 5.41) is 19.2. The lowest BCUT2D eigenvalue weighted by Crippen LogP contribution is -2.48. The number of carbonyl (C=O) groups is 1. The normalized spacial score (nSPS) is 15.8. The smallest absolute Gasteiger partial charge is 0.254 e. The van der Waals surface area contributed by atoms with Crippen LogP contribution in [0.5, 0.6) is 0 Å². The summed E-state index contributed by atoms with van der Waals surface area (Å²) in [5.74, 6) is -0.452. The van der Waals surface area contributed by atoms with Crippen LogP contribution in [0, 0.1) is 11.3 Å². The molecular formula is C15H20N2O2. The number of hydrogen-bond acceptors (Lipinski definition) is 3. The van der Waals surface area contributed by atoms with Crippen molar-refractivity contribution in [1.29, 1.82) is 5.26 Å². The Balaban J connectivity index is 3.01. The molecular weight excluding hydrogens is 240 g/mol. The average Bonchev–Trinajstić information content (AvgIpc) is 2.47. The third-order valence-electron chi connectivity index (χ3n) is 2.97. The minimum Gasteiger partial charge on any atom is -0.380 e. The molecule has 0 saturated carbocycles. The topological polar surface area (TPSA) is 64.3 Å². The summed E-state index contributed by atoms with van der Waals surface area (Å²) >= 11 is 0. The number of hydrogen-bond donors (Lipinski definition) is 1. The van der Waals surface area contributed by atoms with Crippen LogP contribution in [0.2, 0.25) is 0 Å². The quantitative estimate of drug-likeness (QED) is 0.877. The van der Waals surface area contributed by atoms with Gasteiger partial charge in [0.05, 0.1) is 11.6 Å². The summed E-state index contributed by atoms with van der Waals surface area (Å²) in [6.07, 6.45) is -1.09. The monoisotopic (exact) mass is 261 g/mol. The Morgan fingerprint density at radius 1 is 1.42 bits per heavy atom. The molecule has 1 aromatic rings. The number of rotatable bonds is 5. The highest BCUT2D eigenvalue weighted by molar-refractivity contribution is 5.84. The van der Waals surface area contributed by atoms with Crippen LogP contribution in [-0.2, 0) is 11.2 Å². The molecule has 0 fully saturated rings. The summed E-state index contributed by atoms with van der Waals surface area (Å²) in [6.45, 7) is 6.01. The van der Waals surface area contributed by atoms with Crippen molar-refractivity contribution < 1.29 is 11.3 Å². The van der Waals surface area contributed by atoms with Gasteiger partial charge in [0.25, 0.3) is 5.91 Å². The van der Waals surface area contributed by atoms with Crippen molar-refractivity contribution in [3.05, 3.63) is 35.4 Å². The van der Waals surface area contributed by atoms with E-state index in [4.69, 9.17) is 6.63 Å². The lowest BCUT2D eigenvalue weighted by Gasteiger charge is -2.29. The molecule has 4 nitrogen and oxygen atoms in total. The SMILES string of the molecule is [2H]C(c1ccc(C#N)cc1)C(C)(O)C(=O)N(CC)CC. The van der Waals surface area contributed by atoms with Gasteiger partial charge in [-0.05, 0) is 38.5 Å². The second kappa shape index (κ2) is 6.35. The highest BCUT2D eigenvalue weighted by atomic mass is 16.3. The molecule has 19 heavy (non-hydrogen) atoms. The Morgan fingerprint density at radius 3 is 2.37 bits per heavy atom. The van der Waals surface area contributed by atoms with Gasteiger partial charge in [0.2, 0.25) is 0 Å². The Bertz CT molecular complexity index is 502. The van der Waals surface area contributed by atoms with E-state index < -0.39 is 17.9 Å². The van der Waals surface area contributed by atoms with Gasteiger partial charge in [-0.15, -0.1) is 0 Å². The largest absolute Gasteiger partial charge is 0.380 e. The third kappa shape index (κ3) is 3.80. The second-order valence-electron chi connectivity index (χ2n) is 4.50. The van der Waals surface area contributed by atoms with Crippen molar-refractivity contribution in [3.8, 4) is 6.07 Å². The summed E-state index contributed by atoms with van der Waals surface area (Å²) < 4.78 is 8.14. The lowest BCUT2D eigenvalue weighted by atomic mass is 9.94. The van der Waals surface area contributed by atoms with Gasteiger partial charge in [0.1, 0.15) is 5.60 Å². The van der Waals surface area contributed by atoms with E-state index in [9.17, 15) is 9.90 Å². The van der Waals surface area contributed by atoms with Crippen molar-refractivity contribution in [2.45, 2.75) is 32.8 Å². The summed E-state index contributed by atoms with van der Waals surface area (Å²) in [4.78, 5) is 13.8. The first kappa shape index (κ1) is 13.6. The van der Waals surface area contributed by atoms with E-state index >= 15 is 0 Å². The van der Waals surface area contributed by atoms with Gasteiger partial charge >= 0.3 is 0 Å². The van der Waals surface area contributed by atoms with Crippen LogP contribution in [0.1, 0.15) is 33.3 Å². The lowest BCUT2D eigenvalue weighted by molar-refractivity contribution is -0.149. The van der Waals surface area contributed by atoms with E-state index in [0.29, 0.717) is 24.2 Å². The maximum absolute atomic E-state index is 12.3. The Labute approximate surface area is 115 Å². The minimum absolute atomic E-state index is 0.452. The molecule has 1 rings (SSSR count). The van der Waals surface area contributed by atoms with E-state index in [2.05, 4.69) is 0 Å². The number of nitriles is 1. The number of likely N-dealkylation sites (N-methyl/N-ethyl adjacent to an activating group) is 1. The van der Waals surface area contributed by atoms with Gasteiger partial charge in [-0.1, -0.05) is 12.1 Å². The van der Waals surface area contributed by atoms with Crippen molar-refractivity contribution in [2.75, 3.05) is 13.1 Å². The highest BCUT2D eigenvalue weighted by Crippen LogP contribution is 2.17. The standard InChI is InChI=1S/C15H20N2O2/c1-4-17(5-2)14(18)15(3,19)10-12-6-8-13(11-16)9-7-12/h6-9,19H,4-5,10H2,1-3H3/i10D. The molecule has 2 atom stereocenters. The van der Waals surface area contributed by atoms with Gasteiger partial charge in [-0.2, -0.15) is 5.26 Å². The first-order valence-electron chi connectivity index (χ1n) is 6.90. The van der Waals surface area contributed by atoms with E-state index in [0.717, 1.165) is 0 Å². The number of nitrogens with zero attached hydrogens (tertiary/aromatic N) is 2. The van der Waals surface area contributed by atoms with Crippen LogP contribution >= 0.6 is 0 Å². The van der Waals surface area contributed by atoms with Gasteiger partial charge in [-0.3, -0.25) is 4.79 Å². The molecule has 4 heteroatoms. The first-order valence-corrected chi connectivity index (χ1v) is 6.32. The van der Waals surface area contributed by atoms with Crippen LogP contribution in [0.15, 0.2) is 24.3 Å².